The molecule has 0 fully saturated rings. The molecule has 182 valence electrons. The first-order chi connectivity index (χ1) is 17.2. The summed E-state index contributed by atoms with van der Waals surface area (Å²) in [6.07, 6.45) is 0. The number of nitrogens with one attached hydrogen (secondary N) is 2. The van der Waals surface area contributed by atoms with Gasteiger partial charge in [-0.3, -0.25) is 0 Å². The Kier molecular flexibility index (Phi) is 5.76. The summed E-state index contributed by atoms with van der Waals surface area (Å²) in [6, 6.07) is 19.9. The van der Waals surface area contributed by atoms with Crippen LogP contribution in [0.4, 0.5) is 22.7 Å². The maximum absolute atomic E-state index is 11.5. The number of hydrogen-bond acceptors (Lipinski definition) is 4. The molecule has 36 heavy (non-hydrogen) atoms. The van der Waals surface area contributed by atoms with Crippen LogP contribution in [-0.2, 0) is 0 Å². The van der Waals surface area contributed by atoms with Crippen molar-refractivity contribution in [2.24, 2.45) is 0 Å². The van der Waals surface area contributed by atoms with E-state index in [2.05, 4.69) is 76.4 Å². The minimum absolute atomic E-state index is 0.143. The Hall–Kier alpha value is -4.18. The summed E-state index contributed by atoms with van der Waals surface area (Å²) >= 11 is 0. The number of aromatic hydroxyl groups is 2. The maximum Gasteiger partial charge on any atom is 0.133 e. The highest BCUT2D eigenvalue weighted by molar-refractivity contribution is 6.19. The average Bonchev–Trinajstić information content (AvgIpc) is 2.82. The van der Waals surface area contributed by atoms with E-state index in [1.54, 1.807) is 0 Å². The van der Waals surface area contributed by atoms with Crippen LogP contribution in [0.25, 0.3) is 21.5 Å². The Balaban J connectivity index is 1.79. The number of phenolic OH excluding ortho intramolecular Hbond substituents is 2. The Morgan fingerprint density at radius 3 is 1.17 bits per heavy atom. The minimum Gasteiger partial charge on any atom is -0.507 e. The molecule has 5 aromatic rings. The number of aryl methyl sites for hydroxylation is 6. The molecule has 4 N–H and O–H groups in total. The molecule has 0 saturated heterocycles. The van der Waals surface area contributed by atoms with E-state index in [1.165, 1.54) is 11.1 Å². The van der Waals surface area contributed by atoms with Gasteiger partial charge in [-0.05, 0) is 75.9 Å². The Labute approximate surface area is 212 Å². The summed E-state index contributed by atoms with van der Waals surface area (Å²) in [4.78, 5) is 0. The SMILES string of the molecule is Cc1cc(C)c(Nc2ccc(Nc3c(C)cc(C)cc3C)c3c(O)c4ccccc4c(O)c23)c(C)c1. The molecule has 5 aromatic carbocycles. The standard InChI is InChI=1S/C32H32N2O2/c1-17-13-19(3)29(20(4)14-17)33-25-11-12-26(34-30-21(5)15-18(2)16-22(30)6)28-27(25)31(35)23-9-7-8-10-24(23)32(28)36/h7-16,33-36H,1-6H3. The average molecular weight is 477 g/mol. The van der Waals surface area contributed by atoms with Gasteiger partial charge >= 0.3 is 0 Å². The molecule has 4 nitrogen and oxygen atoms in total. The van der Waals surface area contributed by atoms with Crippen LogP contribution in [-0.4, -0.2) is 10.2 Å². The summed E-state index contributed by atoms with van der Waals surface area (Å²) in [5.74, 6) is 0.286. The second-order valence-corrected chi connectivity index (χ2v) is 9.95. The highest BCUT2D eigenvalue weighted by atomic mass is 16.3. The molecule has 0 amide bonds. The first-order valence-corrected chi connectivity index (χ1v) is 12.2. The van der Waals surface area contributed by atoms with E-state index in [0.29, 0.717) is 21.5 Å². The molecule has 0 aliphatic rings. The van der Waals surface area contributed by atoms with Crippen molar-refractivity contribution in [3.8, 4) is 11.5 Å². The molecule has 0 spiro atoms. The fourth-order valence-electron chi connectivity index (χ4n) is 5.49. The van der Waals surface area contributed by atoms with Crippen molar-refractivity contribution in [2.45, 2.75) is 41.5 Å². The number of hydrogen-bond donors (Lipinski definition) is 4. The third kappa shape index (κ3) is 3.89. The summed E-state index contributed by atoms with van der Waals surface area (Å²) < 4.78 is 0. The predicted octanol–water partition coefficient (Wildman–Crippen LogP) is 8.74. The third-order valence-electron chi connectivity index (χ3n) is 6.99. The third-order valence-corrected chi connectivity index (χ3v) is 6.99. The molecule has 0 aliphatic carbocycles. The predicted molar refractivity (Wildman–Crippen MR) is 153 cm³/mol. The van der Waals surface area contributed by atoms with Crippen molar-refractivity contribution in [3.05, 3.63) is 94.0 Å². The van der Waals surface area contributed by atoms with Crippen molar-refractivity contribution in [3.63, 3.8) is 0 Å². The van der Waals surface area contributed by atoms with Crippen LogP contribution in [0.3, 0.4) is 0 Å². The zero-order valence-electron chi connectivity index (χ0n) is 21.7. The zero-order chi connectivity index (χ0) is 25.7. The van der Waals surface area contributed by atoms with Crippen LogP contribution in [0.2, 0.25) is 0 Å². The first-order valence-electron chi connectivity index (χ1n) is 12.2. The largest absolute Gasteiger partial charge is 0.507 e. The van der Waals surface area contributed by atoms with Crippen LogP contribution in [0, 0.1) is 41.5 Å². The quantitative estimate of drug-likeness (QED) is 0.155. The van der Waals surface area contributed by atoms with Gasteiger partial charge in [0, 0.05) is 22.1 Å². The smallest absolute Gasteiger partial charge is 0.133 e. The Morgan fingerprint density at radius 1 is 0.500 bits per heavy atom. The lowest BCUT2D eigenvalue weighted by molar-refractivity contribution is 0.479. The molecule has 0 atom stereocenters. The number of anilines is 4. The van der Waals surface area contributed by atoms with Gasteiger partial charge in [0.15, 0.2) is 0 Å². The lowest BCUT2D eigenvalue weighted by atomic mass is 9.96. The molecule has 0 saturated carbocycles. The number of phenols is 2. The van der Waals surface area contributed by atoms with E-state index in [-0.39, 0.29) is 11.5 Å². The van der Waals surface area contributed by atoms with Gasteiger partial charge in [0.25, 0.3) is 0 Å². The van der Waals surface area contributed by atoms with Crippen LogP contribution < -0.4 is 10.6 Å². The molecule has 0 unspecified atom stereocenters. The molecule has 0 aliphatic heterocycles. The van der Waals surface area contributed by atoms with Gasteiger partial charge in [-0.2, -0.15) is 0 Å². The Bertz CT molecular complexity index is 1500. The second kappa shape index (κ2) is 8.80. The lowest BCUT2D eigenvalue weighted by Gasteiger charge is -2.21. The molecule has 0 radical (unpaired) electrons. The van der Waals surface area contributed by atoms with Crippen molar-refractivity contribution in [2.75, 3.05) is 10.6 Å². The molecule has 0 heterocycles. The van der Waals surface area contributed by atoms with Crippen LogP contribution in [0.15, 0.2) is 60.7 Å². The normalized spacial score (nSPS) is 11.3. The van der Waals surface area contributed by atoms with Crippen molar-refractivity contribution < 1.29 is 10.2 Å². The van der Waals surface area contributed by atoms with Gasteiger partial charge in [0.05, 0.1) is 22.1 Å². The molecular weight excluding hydrogens is 444 g/mol. The molecule has 0 aromatic heterocycles. The van der Waals surface area contributed by atoms with E-state index < -0.39 is 0 Å². The fourth-order valence-corrected chi connectivity index (χ4v) is 5.49. The van der Waals surface area contributed by atoms with Crippen LogP contribution in [0.5, 0.6) is 11.5 Å². The molecule has 4 heteroatoms. The lowest BCUT2D eigenvalue weighted by Crippen LogP contribution is -2.01. The topological polar surface area (TPSA) is 64.5 Å². The Morgan fingerprint density at radius 2 is 0.833 bits per heavy atom. The van der Waals surface area contributed by atoms with E-state index >= 15 is 0 Å². The van der Waals surface area contributed by atoms with E-state index in [1.807, 2.05) is 36.4 Å². The highest BCUT2D eigenvalue weighted by Gasteiger charge is 2.20. The van der Waals surface area contributed by atoms with Gasteiger partial charge in [0.2, 0.25) is 0 Å². The summed E-state index contributed by atoms with van der Waals surface area (Å²) in [7, 11) is 0. The van der Waals surface area contributed by atoms with Crippen LogP contribution in [0.1, 0.15) is 33.4 Å². The van der Waals surface area contributed by atoms with E-state index in [4.69, 9.17) is 0 Å². The van der Waals surface area contributed by atoms with Gasteiger partial charge in [-0.25, -0.2) is 0 Å². The number of benzene rings is 5. The van der Waals surface area contributed by atoms with Crippen molar-refractivity contribution in [1.29, 1.82) is 0 Å². The van der Waals surface area contributed by atoms with Crippen LogP contribution >= 0.6 is 0 Å². The molecule has 5 rings (SSSR count). The van der Waals surface area contributed by atoms with Gasteiger partial charge in [0.1, 0.15) is 11.5 Å². The highest BCUT2D eigenvalue weighted by Crippen LogP contribution is 2.49. The van der Waals surface area contributed by atoms with Gasteiger partial charge < -0.3 is 20.8 Å². The van der Waals surface area contributed by atoms with Crippen molar-refractivity contribution in [1.82, 2.24) is 0 Å². The van der Waals surface area contributed by atoms with Crippen molar-refractivity contribution >= 4 is 44.3 Å². The monoisotopic (exact) mass is 476 g/mol. The number of rotatable bonds is 4. The minimum atomic E-state index is 0.143. The summed E-state index contributed by atoms with van der Waals surface area (Å²) in [5.41, 5.74) is 10.4. The summed E-state index contributed by atoms with van der Waals surface area (Å²) in [6.45, 7) is 12.5. The second-order valence-electron chi connectivity index (χ2n) is 9.95. The van der Waals surface area contributed by atoms with E-state index in [9.17, 15) is 10.2 Å². The zero-order valence-corrected chi connectivity index (χ0v) is 21.7. The molecule has 0 bridgehead atoms. The fraction of sp³-hybridized carbons (Fsp3) is 0.188. The number of fused-ring (bicyclic) bond motifs is 2. The van der Waals surface area contributed by atoms with Gasteiger partial charge in [-0.15, -0.1) is 0 Å². The maximum atomic E-state index is 11.5. The van der Waals surface area contributed by atoms with Gasteiger partial charge in [-0.1, -0.05) is 59.7 Å². The molecular formula is C32H32N2O2. The first kappa shape index (κ1) is 23.6. The summed E-state index contributed by atoms with van der Waals surface area (Å²) in [5, 5.41) is 32.6. The van der Waals surface area contributed by atoms with E-state index in [0.717, 1.165) is 45.0 Å².